The number of hydrogen-bond donors (Lipinski definition) is 1. The maximum atomic E-state index is 12.9. The molecule has 40 heavy (non-hydrogen) atoms. The fourth-order valence-corrected chi connectivity index (χ4v) is 6.46. The first kappa shape index (κ1) is 28.5. The zero-order valence-electron chi connectivity index (χ0n) is 24.3. The van der Waals surface area contributed by atoms with Crippen molar-refractivity contribution in [1.29, 1.82) is 0 Å². The lowest BCUT2D eigenvalue weighted by Crippen LogP contribution is -2.22. The molecule has 1 aliphatic rings. The molecule has 4 aromatic rings. The quantitative estimate of drug-likeness (QED) is 0.180. The van der Waals surface area contributed by atoms with Crippen LogP contribution >= 0.6 is 11.3 Å². The maximum Gasteiger partial charge on any atom is 0.228 e. The highest BCUT2D eigenvalue weighted by Crippen LogP contribution is 2.46. The van der Waals surface area contributed by atoms with E-state index in [9.17, 15) is 4.79 Å². The normalized spacial score (nSPS) is 17.1. The van der Waals surface area contributed by atoms with Crippen molar-refractivity contribution < 1.29 is 19.0 Å². The average Bonchev–Trinajstić information content (AvgIpc) is 3.34. The van der Waals surface area contributed by atoms with Crippen LogP contribution in [0.1, 0.15) is 6.42 Å². The second-order valence-corrected chi connectivity index (χ2v) is 18.3. The Balaban J connectivity index is 1.52. The number of nitrogens with one attached hydrogen (secondary N) is 1. The van der Waals surface area contributed by atoms with Gasteiger partial charge in [0.1, 0.15) is 22.9 Å². The van der Waals surface area contributed by atoms with Crippen LogP contribution in [0.4, 0.5) is 5.82 Å². The van der Waals surface area contributed by atoms with E-state index in [1.165, 1.54) is 11.3 Å². The molecule has 12 heteroatoms. The molecule has 2 atom stereocenters. The second kappa shape index (κ2) is 11.4. The van der Waals surface area contributed by atoms with Gasteiger partial charge in [-0.25, -0.2) is 9.97 Å². The summed E-state index contributed by atoms with van der Waals surface area (Å²) in [5.41, 5.74) is 4.62. The van der Waals surface area contributed by atoms with Gasteiger partial charge in [0.2, 0.25) is 11.8 Å². The van der Waals surface area contributed by atoms with E-state index in [1.807, 2.05) is 37.0 Å². The molecule has 0 spiro atoms. The van der Waals surface area contributed by atoms with Crippen molar-refractivity contribution in [2.24, 2.45) is 11.8 Å². The fourth-order valence-electron chi connectivity index (χ4n) is 4.95. The molecular formula is C28H38N6O4SSi. The Bertz CT molecular complexity index is 1530. The summed E-state index contributed by atoms with van der Waals surface area (Å²) < 4.78 is 20.6. The number of carbonyl (C=O) groups is 1. The molecule has 1 aliphatic carbocycles. The van der Waals surface area contributed by atoms with E-state index in [-0.39, 0.29) is 11.8 Å². The number of ether oxygens (including phenoxy) is 3. The molecule has 0 bridgehead atoms. The van der Waals surface area contributed by atoms with E-state index in [0.29, 0.717) is 48.0 Å². The van der Waals surface area contributed by atoms with E-state index in [2.05, 4.69) is 39.8 Å². The van der Waals surface area contributed by atoms with Crippen LogP contribution in [0.25, 0.3) is 32.5 Å². The zero-order chi connectivity index (χ0) is 28.6. The number of rotatable bonds is 12. The number of amides is 1. The SMILES string of the molecule is COc1nc2ncsc2c(OC)c1-c1cn(COCC[Si](C)(C)C)c2nc(NC(=O)[C@@H]3C[C@H]3CN(C)C)ccc12. The number of hydrogen-bond acceptors (Lipinski definition) is 9. The van der Waals surface area contributed by atoms with Crippen LogP contribution < -0.4 is 14.8 Å². The number of thiazole rings is 1. The summed E-state index contributed by atoms with van der Waals surface area (Å²) in [6.07, 6.45) is 2.91. The number of anilines is 1. The second-order valence-electron chi connectivity index (χ2n) is 11.8. The smallest absolute Gasteiger partial charge is 0.228 e. The summed E-state index contributed by atoms with van der Waals surface area (Å²) in [7, 11) is 6.07. The van der Waals surface area contributed by atoms with Gasteiger partial charge < -0.3 is 29.0 Å². The zero-order valence-corrected chi connectivity index (χ0v) is 26.1. The van der Waals surface area contributed by atoms with Crippen LogP contribution in [0.5, 0.6) is 11.6 Å². The Labute approximate surface area is 239 Å². The van der Waals surface area contributed by atoms with Crippen LogP contribution in [-0.4, -0.2) is 79.9 Å². The number of carbonyl (C=O) groups excluding carboxylic acids is 1. The number of pyridine rings is 2. The lowest BCUT2D eigenvalue weighted by molar-refractivity contribution is -0.117. The molecule has 0 radical (unpaired) electrons. The van der Waals surface area contributed by atoms with Gasteiger partial charge in [0, 0.05) is 44.3 Å². The topological polar surface area (TPSA) is 104 Å². The summed E-state index contributed by atoms with van der Waals surface area (Å²) in [5, 5.41) is 3.92. The van der Waals surface area contributed by atoms with Crippen molar-refractivity contribution in [1.82, 2.24) is 24.4 Å². The molecule has 1 fully saturated rings. The highest BCUT2D eigenvalue weighted by Gasteiger charge is 2.43. The molecule has 10 nitrogen and oxygen atoms in total. The van der Waals surface area contributed by atoms with Crippen LogP contribution in [0.15, 0.2) is 23.8 Å². The summed E-state index contributed by atoms with van der Waals surface area (Å²) in [4.78, 5) is 29.0. The predicted octanol–water partition coefficient (Wildman–Crippen LogP) is 5.17. The Kier molecular flexibility index (Phi) is 8.14. The van der Waals surface area contributed by atoms with Gasteiger partial charge in [-0.05, 0) is 44.6 Å². The molecule has 1 saturated carbocycles. The molecule has 1 N–H and O–H groups in total. The van der Waals surface area contributed by atoms with Crippen LogP contribution in [0, 0.1) is 11.8 Å². The van der Waals surface area contributed by atoms with Crippen molar-refractivity contribution in [3.05, 3.63) is 23.8 Å². The van der Waals surface area contributed by atoms with Gasteiger partial charge in [-0.15, -0.1) is 11.3 Å². The van der Waals surface area contributed by atoms with E-state index in [4.69, 9.17) is 19.2 Å². The predicted molar refractivity (Wildman–Crippen MR) is 162 cm³/mol. The molecule has 214 valence electrons. The molecule has 5 rings (SSSR count). The molecule has 4 heterocycles. The lowest BCUT2D eigenvalue weighted by Gasteiger charge is -2.15. The minimum atomic E-state index is -1.24. The van der Waals surface area contributed by atoms with E-state index < -0.39 is 8.07 Å². The molecule has 4 aromatic heterocycles. The third-order valence-electron chi connectivity index (χ3n) is 7.13. The number of nitrogens with zero attached hydrogens (tertiary/aromatic N) is 5. The molecule has 0 saturated heterocycles. The fraction of sp³-hybridized carbons (Fsp3) is 0.500. The number of fused-ring (bicyclic) bond motifs is 2. The van der Waals surface area contributed by atoms with Crippen molar-refractivity contribution in [2.75, 3.05) is 46.8 Å². The van der Waals surface area contributed by atoms with Crippen LogP contribution in [0.3, 0.4) is 0 Å². The van der Waals surface area contributed by atoms with Crippen LogP contribution in [-0.2, 0) is 16.3 Å². The van der Waals surface area contributed by atoms with Gasteiger partial charge in [-0.1, -0.05) is 19.6 Å². The largest absolute Gasteiger partial charge is 0.494 e. The third kappa shape index (κ3) is 5.99. The number of aromatic nitrogens is 4. The first-order valence-electron chi connectivity index (χ1n) is 13.5. The van der Waals surface area contributed by atoms with Gasteiger partial charge in [-0.2, -0.15) is 4.98 Å². The van der Waals surface area contributed by atoms with Gasteiger partial charge >= 0.3 is 0 Å². The van der Waals surface area contributed by atoms with Crippen molar-refractivity contribution in [3.8, 4) is 22.8 Å². The molecule has 0 unspecified atom stereocenters. The first-order valence-corrected chi connectivity index (χ1v) is 18.1. The van der Waals surface area contributed by atoms with Crippen molar-refractivity contribution >= 4 is 52.5 Å². The minimum absolute atomic E-state index is 0.0200. The van der Waals surface area contributed by atoms with Crippen molar-refractivity contribution in [3.63, 3.8) is 0 Å². The minimum Gasteiger partial charge on any atom is -0.494 e. The Morgan fingerprint density at radius 3 is 2.70 bits per heavy atom. The molecule has 1 amide bonds. The summed E-state index contributed by atoms with van der Waals surface area (Å²) in [6.45, 7) is 8.92. The highest BCUT2D eigenvalue weighted by molar-refractivity contribution is 7.17. The Morgan fingerprint density at radius 1 is 1.20 bits per heavy atom. The van der Waals surface area contributed by atoms with Gasteiger partial charge in [0.15, 0.2) is 11.4 Å². The first-order chi connectivity index (χ1) is 19.1. The van der Waals surface area contributed by atoms with Gasteiger partial charge in [0.05, 0.1) is 25.3 Å². The summed E-state index contributed by atoms with van der Waals surface area (Å²) >= 11 is 1.47. The molecular weight excluding hydrogens is 544 g/mol. The summed E-state index contributed by atoms with van der Waals surface area (Å²) in [5.74, 6) is 2.04. The standard InChI is InChI=1S/C28H38N6O4SSi/c1-33(2)13-17-12-19(17)27(35)31-21-9-8-18-20(14-34(26(18)30-21)16-38-10-11-40(5,6)7)22-23(36-3)24-25(29-15-39-24)32-28(22)37-4/h8-9,14-15,17,19H,10-13,16H2,1-7H3,(H,30,31,35)/t17-,19+/m0/s1. The van der Waals surface area contributed by atoms with Crippen LogP contribution in [0.2, 0.25) is 25.7 Å². The monoisotopic (exact) mass is 582 g/mol. The van der Waals surface area contributed by atoms with Gasteiger partial charge in [0.25, 0.3) is 0 Å². The number of methoxy groups -OCH3 is 2. The lowest BCUT2D eigenvalue weighted by atomic mass is 10.1. The molecule has 0 aromatic carbocycles. The van der Waals surface area contributed by atoms with Gasteiger partial charge in [-0.3, -0.25) is 4.79 Å². The maximum absolute atomic E-state index is 12.9. The van der Waals surface area contributed by atoms with E-state index in [1.54, 1.807) is 19.7 Å². The summed E-state index contributed by atoms with van der Waals surface area (Å²) in [6, 6.07) is 4.89. The average molecular weight is 583 g/mol. The van der Waals surface area contributed by atoms with E-state index >= 15 is 0 Å². The Morgan fingerprint density at radius 2 is 2.00 bits per heavy atom. The molecule has 0 aliphatic heterocycles. The van der Waals surface area contributed by atoms with Crippen molar-refractivity contribution in [2.45, 2.75) is 38.8 Å². The third-order valence-corrected chi connectivity index (χ3v) is 9.65. The highest BCUT2D eigenvalue weighted by atomic mass is 32.1. The van der Waals surface area contributed by atoms with E-state index in [0.717, 1.165) is 40.2 Å². The Hall–Kier alpha value is -3.06.